The third-order valence-electron chi connectivity index (χ3n) is 5.28. The van der Waals surface area contributed by atoms with Gasteiger partial charge >= 0.3 is 5.97 Å². The highest BCUT2D eigenvalue weighted by molar-refractivity contribution is 7.80. The van der Waals surface area contributed by atoms with Crippen LogP contribution < -0.4 is 21.7 Å². The van der Waals surface area contributed by atoms with Gasteiger partial charge in [-0.15, -0.1) is 0 Å². The van der Waals surface area contributed by atoms with Gasteiger partial charge in [-0.1, -0.05) is 32.0 Å². The summed E-state index contributed by atoms with van der Waals surface area (Å²) in [6, 6.07) is 3.45. The second-order valence-electron chi connectivity index (χ2n) is 8.69. The number of nitrogens with one attached hydrogen (secondary N) is 4. The fourth-order valence-electron chi connectivity index (χ4n) is 3.47. The Morgan fingerprint density at radius 1 is 0.971 bits per heavy atom. The number of aromatic amines is 1. The van der Waals surface area contributed by atoms with Gasteiger partial charge in [0.1, 0.15) is 18.1 Å². The molecule has 34 heavy (non-hydrogen) atoms. The zero-order valence-corrected chi connectivity index (χ0v) is 20.4. The Balaban J connectivity index is 2.10. The molecular weight excluding hydrogens is 458 g/mol. The number of carbonyl (C=O) groups is 4. The minimum atomic E-state index is -1.21. The zero-order chi connectivity index (χ0) is 25.4. The molecule has 0 aliphatic heterocycles. The van der Waals surface area contributed by atoms with Crippen molar-refractivity contribution in [2.24, 2.45) is 11.7 Å². The maximum atomic E-state index is 12.8. The van der Waals surface area contributed by atoms with Crippen LogP contribution in [0.5, 0.6) is 0 Å². The van der Waals surface area contributed by atoms with Crippen LogP contribution in [0.3, 0.4) is 0 Å². The molecule has 4 unspecified atom stereocenters. The summed E-state index contributed by atoms with van der Waals surface area (Å²) in [7, 11) is 0. The van der Waals surface area contributed by atoms with Gasteiger partial charge in [-0.3, -0.25) is 14.4 Å². The Hall–Kier alpha value is -3.05. The van der Waals surface area contributed by atoms with E-state index in [1.54, 1.807) is 6.20 Å². The summed E-state index contributed by atoms with van der Waals surface area (Å²) in [5.74, 6) is -2.92. The van der Waals surface area contributed by atoms with E-state index in [2.05, 4.69) is 33.6 Å². The highest BCUT2D eigenvalue weighted by Gasteiger charge is 2.30. The Labute approximate surface area is 203 Å². The van der Waals surface area contributed by atoms with Crippen molar-refractivity contribution in [1.29, 1.82) is 0 Å². The predicted octanol–water partition coefficient (Wildman–Crippen LogP) is 0.573. The fraction of sp³-hybridized carbons (Fsp3) is 0.478. The van der Waals surface area contributed by atoms with Gasteiger partial charge < -0.3 is 31.8 Å². The first-order valence-corrected chi connectivity index (χ1v) is 11.7. The molecule has 1 heterocycles. The van der Waals surface area contributed by atoms with Crippen molar-refractivity contribution in [1.82, 2.24) is 20.9 Å². The third kappa shape index (κ3) is 7.49. The van der Waals surface area contributed by atoms with Gasteiger partial charge in [0.25, 0.3) is 0 Å². The quantitative estimate of drug-likeness (QED) is 0.214. The van der Waals surface area contributed by atoms with E-state index in [1.807, 2.05) is 38.1 Å². The number of hydrogen-bond acceptors (Lipinski definition) is 6. The topological polar surface area (TPSA) is 166 Å². The second-order valence-corrected chi connectivity index (χ2v) is 9.05. The molecule has 0 aliphatic rings. The number of benzene rings is 1. The third-order valence-corrected chi connectivity index (χ3v) is 5.65. The SMILES string of the molecule is CC(C)CC(NC(=O)C(C)N)C(=O)NC(CS)C(=O)NC(Cc1c[nH]c2ccccc12)C(=O)O. The van der Waals surface area contributed by atoms with Gasteiger partial charge in [0.15, 0.2) is 0 Å². The summed E-state index contributed by atoms with van der Waals surface area (Å²) in [5.41, 5.74) is 7.19. The predicted molar refractivity (Wildman–Crippen MR) is 132 cm³/mol. The Kier molecular flexibility index (Phi) is 9.94. The summed E-state index contributed by atoms with van der Waals surface area (Å²) >= 11 is 4.15. The van der Waals surface area contributed by atoms with Crippen molar-refractivity contribution in [3.63, 3.8) is 0 Å². The maximum absolute atomic E-state index is 12.8. The monoisotopic (exact) mass is 491 g/mol. The lowest BCUT2D eigenvalue weighted by molar-refractivity contribution is -0.142. The number of amides is 3. The van der Waals surface area contributed by atoms with E-state index in [4.69, 9.17) is 5.73 Å². The molecule has 10 nitrogen and oxygen atoms in total. The first kappa shape index (κ1) is 27.2. The van der Waals surface area contributed by atoms with E-state index in [9.17, 15) is 24.3 Å². The lowest BCUT2D eigenvalue weighted by atomic mass is 10.0. The van der Waals surface area contributed by atoms with Gasteiger partial charge in [-0.2, -0.15) is 12.6 Å². The molecule has 0 aliphatic carbocycles. The number of H-pyrrole nitrogens is 1. The number of rotatable bonds is 12. The molecule has 0 saturated heterocycles. The average molecular weight is 492 g/mol. The molecule has 7 N–H and O–H groups in total. The van der Waals surface area contributed by atoms with E-state index in [-0.39, 0.29) is 18.1 Å². The van der Waals surface area contributed by atoms with E-state index in [0.717, 1.165) is 16.5 Å². The van der Waals surface area contributed by atoms with Gasteiger partial charge in [-0.25, -0.2) is 4.79 Å². The number of aliphatic carboxylic acids is 1. The number of carbonyl (C=O) groups excluding carboxylic acids is 3. The molecule has 1 aromatic heterocycles. The molecule has 1 aromatic carbocycles. The summed E-state index contributed by atoms with van der Waals surface area (Å²) in [6.45, 7) is 5.29. The molecule has 0 fully saturated rings. The van der Waals surface area contributed by atoms with Gasteiger partial charge in [0.2, 0.25) is 17.7 Å². The van der Waals surface area contributed by atoms with Crippen LogP contribution in [0.15, 0.2) is 30.5 Å². The Morgan fingerprint density at radius 3 is 2.15 bits per heavy atom. The number of aromatic nitrogens is 1. The Morgan fingerprint density at radius 2 is 1.56 bits per heavy atom. The molecule has 0 bridgehead atoms. The molecule has 186 valence electrons. The summed E-state index contributed by atoms with van der Waals surface area (Å²) < 4.78 is 0. The van der Waals surface area contributed by atoms with Crippen LogP contribution in [0, 0.1) is 5.92 Å². The van der Waals surface area contributed by atoms with Crippen LogP contribution in [0.4, 0.5) is 0 Å². The number of carboxylic acid groups (broad SMARTS) is 1. The molecule has 3 amide bonds. The first-order valence-electron chi connectivity index (χ1n) is 11.1. The van der Waals surface area contributed by atoms with Crippen LogP contribution in [-0.4, -0.2) is 63.7 Å². The summed E-state index contributed by atoms with van der Waals surface area (Å²) in [6.07, 6.45) is 2.10. The minimum absolute atomic E-state index is 0.0543. The zero-order valence-electron chi connectivity index (χ0n) is 19.5. The van der Waals surface area contributed by atoms with Crippen molar-refractivity contribution in [3.8, 4) is 0 Å². The van der Waals surface area contributed by atoms with E-state index >= 15 is 0 Å². The first-order chi connectivity index (χ1) is 16.0. The van der Waals surface area contributed by atoms with Gasteiger partial charge in [0, 0.05) is 29.3 Å². The number of hydrogen-bond donors (Lipinski definition) is 7. The summed E-state index contributed by atoms with van der Waals surface area (Å²) in [4.78, 5) is 52.6. The number of nitrogens with two attached hydrogens (primary N) is 1. The van der Waals surface area contributed by atoms with E-state index in [1.165, 1.54) is 6.92 Å². The van der Waals surface area contributed by atoms with Crippen molar-refractivity contribution in [3.05, 3.63) is 36.0 Å². The number of thiol groups is 1. The highest BCUT2D eigenvalue weighted by Crippen LogP contribution is 2.19. The van der Waals surface area contributed by atoms with Crippen molar-refractivity contribution >= 4 is 47.2 Å². The van der Waals surface area contributed by atoms with Crippen molar-refractivity contribution in [2.45, 2.75) is 57.8 Å². The average Bonchev–Trinajstić information content (AvgIpc) is 3.18. The molecule has 0 radical (unpaired) electrons. The van der Waals surface area contributed by atoms with Crippen molar-refractivity contribution < 1.29 is 24.3 Å². The van der Waals surface area contributed by atoms with Crippen LogP contribution >= 0.6 is 12.6 Å². The molecular formula is C23H33N5O5S. The molecule has 2 rings (SSSR count). The standard InChI is InChI=1S/C23H33N5O5S/c1-12(2)8-17(26-20(29)13(3)24)21(30)28-19(11-34)22(31)27-18(23(32)33)9-14-10-25-16-7-5-4-6-15(14)16/h4-7,10,12-13,17-19,25,34H,8-9,11,24H2,1-3H3,(H,26,29)(H,27,31)(H,28,30)(H,32,33). The fourth-order valence-corrected chi connectivity index (χ4v) is 3.72. The molecule has 0 saturated carbocycles. The maximum Gasteiger partial charge on any atom is 0.326 e. The van der Waals surface area contributed by atoms with Crippen LogP contribution in [0.1, 0.15) is 32.8 Å². The van der Waals surface area contributed by atoms with Crippen LogP contribution in [-0.2, 0) is 25.6 Å². The largest absolute Gasteiger partial charge is 0.480 e. The Bertz CT molecular complexity index is 1020. The normalized spacial score (nSPS) is 14.8. The van der Waals surface area contributed by atoms with Gasteiger partial charge in [-0.05, 0) is 30.9 Å². The number of fused-ring (bicyclic) bond motifs is 1. The van der Waals surface area contributed by atoms with Gasteiger partial charge in [0.05, 0.1) is 6.04 Å². The number of para-hydroxylation sites is 1. The highest BCUT2D eigenvalue weighted by atomic mass is 32.1. The number of carboxylic acids is 1. The van der Waals surface area contributed by atoms with Crippen LogP contribution in [0.2, 0.25) is 0 Å². The summed E-state index contributed by atoms with van der Waals surface area (Å²) in [5, 5.41) is 18.2. The van der Waals surface area contributed by atoms with E-state index in [0.29, 0.717) is 6.42 Å². The smallest absolute Gasteiger partial charge is 0.326 e. The molecule has 2 aromatic rings. The van der Waals surface area contributed by atoms with E-state index < -0.39 is 47.9 Å². The second kappa shape index (κ2) is 12.4. The lowest BCUT2D eigenvalue weighted by Gasteiger charge is -2.25. The van der Waals surface area contributed by atoms with Crippen molar-refractivity contribution in [2.75, 3.05) is 5.75 Å². The molecule has 0 spiro atoms. The minimum Gasteiger partial charge on any atom is -0.480 e. The van der Waals surface area contributed by atoms with Crippen LogP contribution in [0.25, 0.3) is 10.9 Å². The molecule has 11 heteroatoms. The molecule has 4 atom stereocenters. The lowest BCUT2D eigenvalue weighted by Crippen LogP contribution is -2.57.